The van der Waals surface area contributed by atoms with Crippen LogP contribution in [0.1, 0.15) is 18.4 Å². The van der Waals surface area contributed by atoms with Crippen molar-refractivity contribution in [2.75, 3.05) is 0 Å². The Kier molecular flexibility index (Phi) is 3.14. The molecule has 1 fully saturated rings. The zero-order valence-corrected chi connectivity index (χ0v) is 9.52. The molecule has 5 heteroatoms. The third-order valence-electron chi connectivity index (χ3n) is 2.80. The summed E-state index contributed by atoms with van der Waals surface area (Å²) in [4.78, 5) is 22.4. The number of benzene rings is 1. The van der Waals surface area contributed by atoms with Gasteiger partial charge in [-0.05, 0) is 36.6 Å². The van der Waals surface area contributed by atoms with Gasteiger partial charge in [-0.25, -0.2) is 9.18 Å². The van der Waals surface area contributed by atoms with Crippen LogP contribution in [0.3, 0.4) is 0 Å². The predicted octanol–water partition coefficient (Wildman–Crippen LogP) is 1.57. The molecule has 0 aliphatic heterocycles. The average molecular weight is 249 g/mol. The SMILES string of the molecule is O=C(C=Cc1cccc(F)c1)NC1(C(=O)O)CC1. The van der Waals surface area contributed by atoms with Gasteiger partial charge in [0.05, 0.1) is 0 Å². The summed E-state index contributed by atoms with van der Waals surface area (Å²) in [6, 6.07) is 5.78. The van der Waals surface area contributed by atoms with E-state index in [1.807, 2.05) is 0 Å². The van der Waals surface area contributed by atoms with Gasteiger partial charge in [0.25, 0.3) is 0 Å². The van der Waals surface area contributed by atoms with Crippen LogP contribution in [0.15, 0.2) is 30.3 Å². The predicted molar refractivity (Wildman–Crippen MR) is 63.2 cm³/mol. The van der Waals surface area contributed by atoms with E-state index >= 15 is 0 Å². The van der Waals surface area contributed by atoms with E-state index in [9.17, 15) is 14.0 Å². The molecular weight excluding hydrogens is 237 g/mol. The molecule has 94 valence electrons. The Labute approximate surface area is 103 Å². The third-order valence-corrected chi connectivity index (χ3v) is 2.80. The average Bonchev–Trinajstić information content (AvgIpc) is 3.08. The van der Waals surface area contributed by atoms with Crippen LogP contribution >= 0.6 is 0 Å². The second-order valence-corrected chi connectivity index (χ2v) is 4.26. The topological polar surface area (TPSA) is 66.4 Å². The lowest BCUT2D eigenvalue weighted by Gasteiger charge is -2.09. The molecule has 1 amide bonds. The highest BCUT2D eigenvalue weighted by atomic mass is 19.1. The van der Waals surface area contributed by atoms with Crippen LogP contribution in [0, 0.1) is 5.82 Å². The van der Waals surface area contributed by atoms with Crippen molar-refractivity contribution in [3.05, 3.63) is 41.7 Å². The molecule has 2 N–H and O–H groups in total. The minimum absolute atomic E-state index is 0.387. The highest BCUT2D eigenvalue weighted by Gasteiger charge is 2.51. The highest BCUT2D eigenvalue weighted by molar-refractivity contribution is 5.97. The Morgan fingerprint density at radius 2 is 2.11 bits per heavy atom. The van der Waals surface area contributed by atoms with E-state index in [0.717, 1.165) is 0 Å². The lowest BCUT2D eigenvalue weighted by atomic mass is 10.2. The summed E-state index contributed by atoms with van der Waals surface area (Å²) >= 11 is 0. The van der Waals surface area contributed by atoms with E-state index in [0.29, 0.717) is 18.4 Å². The summed E-state index contributed by atoms with van der Waals surface area (Å²) in [5.41, 5.74) is -0.547. The lowest BCUT2D eigenvalue weighted by molar-refractivity contribution is -0.142. The quantitative estimate of drug-likeness (QED) is 0.796. The molecule has 0 atom stereocenters. The van der Waals surface area contributed by atoms with Gasteiger partial charge in [-0.15, -0.1) is 0 Å². The van der Waals surface area contributed by atoms with Gasteiger partial charge < -0.3 is 10.4 Å². The number of carbonyl (C=O) groups is 2. The zero-order valence-electron chi connectivity index (χ0n) is 9.52. The zero-order chi connectivity index (χ0) is 13.2. The van der Waals surface area contributed by atoms with Crippen molar-refractivity contribution in [3.8, 4) is 0 Å². The van der Waals surface area contributed by atoms with Crippen LogP contribution in [0.5, 0.6) is 0 Å². The largest absolute Gasteiger partial charge is 0.480 e. The number of carbonyl (C=O) groups excluding carboxylic acids is 1. The van der Waals surface area contributed by atoms with Gasteiger partial charge in [0, 0.05) is 6.08 Å². The maximum atomic E-state index is 12.9. The van der Waals surface area contributed by atoms with Crippen molar-refractivity contribution in [1.82, 2.24) is 5.32 Å². The van der Waals surface area contributed by atoms with Crippen LogP contribution in [0.25, 0.3) is 6.08 Å². The van der Waals surface area contributed by atoms with E-state index in [1.54, 1.807) is 6.07 Å². The first kappa shape index (κ1) is 12.3. The number of amides is 1. The fourth-order valence-corrected chi connectivity index (χ4v) is 1.58. The minimum atomic E-state index is -1.09. The molecule has 1 aliphatic rings. The van der Waals surface area contributed by atoms with Gasteiger partial charge in [-0.3, -0.25) is 4.79 Å². The second kappa shape index (κ2) is 4.60. The maximum Gasteiger partial charge on any atom is 0.329 e. The Balaban J connectivity index is 1.98. The molecule has 1 aliphatic carbocycles. The molecule has 4 nitrogen and oxygen atoms in total. The number of carboxylic acids is 1. The fraction of sp³-hybridized carbons (Fsp3) is 0.231. The minimum Gasteiger partial charge on any atom is -0.480 e. The molecule has 1 aromatic carbocycles. The van der Waals surface area contributed by atoms with Crippen LogP contribution in [0.2, 0.25) is 0 Å². The molecule has 0 unspecified atom stereocenters. The first-order valence-electron chi connectivity index (χ1n) is 5.51. The molecule has 1 aromatic rings. The van der Waals surface area contributed by atoms with E-state index in [2.05, 4.69) is 5.32 Å². The van der Waals surface area contributed by atoms with Crippen LogP contribution < -0.4 is 5.32 Å². The summed E-state index contributed by atoms with van der Waals surface area (Å²) in [6.07, 6.45) is 3.54. The van der Waals surface area contributed by atoms with Crippen molar-refractivity contribution < 1.29 is 19.1 Å². The van der Waals surface area contributed by atoms with Crippen molar-refractivity contribution in [2.45, 2.75) is 18.4 Å². The molecule has 0 aromatic heterocycles. The molecule has 18 heavy (non-hydrogen) atoms. The normalized spacial score (nSPS) is 16.5. The number of nitrogens with one attached hydrogen (secondary N) is 1. The van der Waals surface area contributed by atoms with Crippen molar-refractivity contribution in [1.29, 1.82) is 0 Å². The fourth-order valence-electron chi connectivity index (χ4n) is 1.58. The number of rotatable bonds is 4. The molecule has 0 bridgehead atoms. The van der Waals surface area contributed by atoms with Gasteiger partial charge >= 0.3 is 5.97 Å². The molecule has 0 spiro atoms. The third kappa shape index (κ3) is 2.74. The molecule has 0 heterocycles. The second-order valence-electron chi connectivity index (χ2n) is 4.26. The van der Waals surface area contributed by atoms with Gasteiger partial charge in [-0.1, -0.05) is 12.1 Å². The van der Waals surface area contributed by atoms with Crippen molar-refractivity contribution >= 4 is 18.0 Å². The molecule has 0 radical (unpaired) electrons. The maximum absolute atomic E-state index is 12.9. The lowest BCUT2D eigenvalue weighted by Crippen LogP contribution is -2.42. The number of carboxylic acid groups (broad SMARTS) is 1. The van der Waals surface area contributed by atoms with Gasteiger partial charge in [0.15, 0.2) is 0 Å². The molecule has 2 rings (SSSR count). The van der Waals surface area contributed by atoms with E-state index in [1.165, 1.54) is 30.4 Å². The Hall–Kier alpha value is -2.17. The smallest absolute Gasteiger partial charge is 0.329 e. The summed E-state index contributed by atoms with van der Waals surface area (Å²) in [7, 11) is 0. The van der Waals surface area contributed by atoms with Crippen LogP contribution in [-0.4, -0.2) is 22.5 Å². The first-order valence-corrected chi connectivity index (χ1v) is 5.51. The van der Waals surface area contributed by atoms with Crippen molar-refractivity contribution in [3.63, 3.8) is 0 Å². The summed E-state index contributed by atoms with van der Waals surface area (Å²) in [5, 5.41) is 11.3. The summed E-state index contributed by atoms with van der Waals surface area (Å²) in [5.74, 6) is -1.89. The standard InChI is InChI=1S/C13H12FNO3/c14-10-3-1-2-9(8-10)4-5-11(16)15-13(6-7-13)12(17)18/h1-5,8H,6-7H2,(H,15,16)(H,17,18). The monoisotopic (exact) mass is 249 g/mol. The molecule has 1 saturated carbocycles. The first-order chi connectivity index (χ1) is 8.52. The summed E-state index contributed by atoms with van der Waals surface area (Å²) < 4.78 is 12.9. The molecule has 0 saturated heterocycles. The number of hydrogen-bond acceptors (Lipinski definition) is 2. The Morgan fingerprint density at radius 1 is 1.39 bits per heavy atom. The van der Waals surface area contributed by atoms with Gasteiger partial charge in [0.1, 0.15) is 11.4 Å². The van der Waals surface area contributed by atoms with E-state index < -0.39 is 17.4 Å². The van der Waals surface area contributed by atoms with E-state index in [-0.39, 0.29) is 5.82 Å². The van der Waals surface area contributed by atoms with Crippen molar-refractivity contribution in [2.24, 2.45) is 0 Å². The van der Waals surface area contributed by atoms with E-state index in [4.69, 9.17) is 5.11 Å². The highest BCUT2D eigenvalue weighted by Crippen LogP contribution is 2.35. The Bertz CT molecular complexity index is 521. The van der Waals surface area contributed by atoms with Crippen LogP contribution in [-0.2, 0) is 9.59 Å². The number of halogens is 1. The van der Waals surface area contributed by atoms with Gasteiger partial charge in [-0.2, -0.15) is 0 Å². The number of aliphatic carboxylic acids is 1. The molecular formula is C13H12FNO3. The van der Waals surface area contributed by atoms with Crippen LogP contribution in [0.4, 0.5) is 4.39 Å². The van der Waals surface area contributed by atoms with Gasteiger partial charge in [0.2, 0.25) is 5.91 Å². The summed E-state index contributed by atoms with van der Waals surface area (Å²) in [6.45, 7) is 0. The number of hydrogen-bond donors (Lipinski definition) is 2. The Morgan fingerprint density at radius 3 is 2.67 bits per heavy atom.